The van der Waals surface area contributed by atoms with Gasteiger partial charge in [-0.3, -0.25) is 0 Å². The number of aliphatic hydroxyl groups excluding tert-OH is 1. The van der Waals surface area contributed by atoms with Gasteiger partial charge in [-0.05, 0) is 97.7 Å². The van der Waals surface area contributed by atoms with Crippen LogP contribution >= 0.6 is 0 Å². The van der Waals surface area contributed by atoms with Crippen molar-refractivity contribution in [3.8, 4) is 0 Å². The summed E-state index contributed by atoms with van der Waals surface area (Å²) >= 11 is 0. The molecule has 4 aliphatic rings. The molecule has 3 saturated carbocycles. The van der Waals surface area contributed by atoms with Crippen molar-refractivity contribution in [2.45, 2.75) is 111 Å². The molecule has 0 amide bonds. The van der Waals surface area contributed by atoms with Crippen LogP contribution in [0.25, 0.3) is 0 Å². The van der Waals surface area contributed by atoms with E-state index in [-0.39, 0.29) is 6.10 Å². The van der Waals surface area contributed by atoms with Gasteiger partial charge in [0.2, 0.25) is 0 Å². The minimum absolute atomic E-state index is 0.0766. The van der Waals surface area contributed by atoms with E-state index in [1.165, 1.54) is 57.8 Å². The molecule has 1 nitrogen and oxygen atoms in total. The van der Waals surface area contributed by atoms with Gasteiger partial charge in [-0.15, -0.1) is 0 Å². The molecule has 0 aromatic heterocycles. The van der Waals surface area contributed by atoms with Crippen LogP contribution in [0.15, 0.2) is 11.6 Å². The molecule has 0 aromatic rings. The van der Waals surface area contributed by atoms with Gasteiger partial charge in [-0.2, -0.15) is 0 Å². The van der Waals surface area contributed by atoms with Crippen LogP contribution in [0.1, 0.15) is 105 Å². The summed E-state index contributed by atoms with van der Waals surface area (Å²) in [5.41, 5.74) is 2.60. The Morgan fingerprint density at radius 3 is 2.54 bits per heavy atom. The first kappa shape index (κ1) is 21.0. The Labute approximate surface area is 174 Å². The highest BCUT2D eigenvalue weighted by molar-refractivity contribution is 5.25. The minimum atomic E-state index is -0.0766. The highest BCUT2D eigenvalue weighted by Crippen LogP contribution is 2.67. The van der Waals surface area contributed by atoms with Crippen molar-refractivity contribution in [1.82, 2.24) is 0 Å². The molecular weight excluding hydrogens is 340 g/mol. The number of aliphatic hydroxyl groups is 1. The molecule has 0 aliphatic heterocycles. The summed E-state index contributed by atoms with van der Waals surface area (Å²) in [5.74, 6) is 5.46. The summed E-state index contributed by atoms with van der Waals surface area (Å²) in [7, 11) is 0. The maximum atomic E-state index is 10.2. The number of hydrogen-bond donors (Lipinski definition) is 1. The Morgan fingerprint density at radius 1 is 1.00 bits per heavy atom. The number of hydrogen-bond acceptors (Lipinski definition) is 1. The number of allylic oxidation sites excluding steroid dienone is 1. The topological polar surface area (TPSA) is 20.2 Å². The molecule has 0 radical (unpaired) electrons. The van der Waals surface area contributed by atoms with Crippen LogP contribution in [0.2, 0.25) is 0 Å². The van der Waals surface area contributed by atoms with E-state index in [9.17, 15) is 5.11 Å². The van der Waals surface area contributed by atoms with Gasteiger partial charge < -0.3 is 5.11 Å². The Bertz CT molecular complexity index is 591. The summed E-state index contributed by atoms with van der Waals surface area (Å²) < 4.78 is 0. The molecule has 4 rings (SSSR count). The lowest BCUT2D eigenvalue weighted by Gasteiger charge is -2.58. The third-order valence-electron chi connectivity index (χ3n) is 10.3. The number of rotatable bonds is 5. The van der Waals surface area contributed by atoms with Crippen LogP contribution < -0.4 is 0 Å². The average Bonchev–Trinajstić information content (AvgIpc) is 2.99. The van der Waals surface area contributed by atoms with Crippen molar-refractivity contribution in [3.63, 3.8) is 0 Å². The van der Waals surface area contributed by atoms with Gasteiger partial charge >= 0.3 is 0 Å². The van der Waals surface area contributed by atoms with Crippen LogP contribution in [-0.2, 0) is 0 Å². The normalized spacial score (nSPS) is 46.5. The monoisotopic (exact) mass is 386 g/mol. The maximum Gasteiger partial charge on any atom is 0.0577 e. The zero-order valence-electron chi connectivity index (χ0n) is 19.3. The molecule has 0 unspecified atom stereocenters. The predicted octanol–water partition coefficient (Wildman–Crippen LogP) is 7.39. The molecule has 0 aromatic carbocycles. The third kappa shape index (κ3) is 3.42. The second kappa shape index (κ2) is 7.75. The van der Waals surface area contributed by atoms with Gasteiger partial charge in [0.05, 0.1) is 6.10 Å². The Kier molecular flexibility index (Phi) is 5.80. The molecule has 160 valence electrons. The molecular formula is C27H46O. The fourth-order valence-electron chi connectivity index (χ4n) is 8.67. The van der Waals surface area contributed by atoms with Gasteiger partial charge in [0.1, 0.15) is 0 Å². The largest absolute Gasteiger partial charge is 0.393 e. The molecule has 3 fully saturated rings. The van der Waals surface area contributed by atoms with Gasteiger partial charge in [0, 0.05) is 0 Å². The zero-order chi connectivity index (χ0) is 20.1. The lowest BCUT2D eigenvalue weighted by Crippen LogP contribution is -2.50. The smallest absolute Gasteiger partial charge is 0.0577 e. The molecule has 0 saturated heterocycles. The van der Waals surface area contributed by atoms with Crippen molar-refractivity contribution >= 4 is 0 Å². The fourth-order valence-corrected chi connectivity index (χ4v) is 8.67. The molecule has 1 N–H and O–H groups in total. The Morgan fingerprint density at radius 2 is 1.79 bits per heavy atom. The van der Waals surface area contributed by atoms with Crippen molar-refractivity contribution in [2.24, 2.45) is 46.3 Å². The van der Waals surface area contributed by atoms with Crippen molar-refractivity contribution in [1.29, 1.82) is 0 Å². The van der Waals surface area contributed by atoms with Crippen LogP contribution in [0.4, 0.5) is 0 Å². The summed E-state index contributed by atoms with van der Waals surface area (Å²) in [5, 5.41) is 10.2. The first-order valence-corrected chi connectivity index (χ1v) is 12.6. The molecule has 1 heteroatoms. The molecule has 0 bridgehead atoms. The highest BCUT2D eigenvalue weighted by atomic mass is 16.3. The maximum absolute atomic E-state index is 10.2. The molecule has 0 heterocycles. The molecule has 4 aliphatic carbocycles. The van der Waals surface area contributed by atoms with Gasteiger partial charge in [-0.1, -0.05) is 65.5 Å². The van der Waals surface area contributed by atoms with Gasteiger partial charge in [-0.25, -0.2) is 0 Å². The quantitative estimate of drug-likeness (QED) is 0.488. The molecule has 8 atom stereocenters. The first-order valence-electron chi connectivity index (χ1n) is 12.6. The second-order valence-electron chi connectivity index (χ2n) is 12.2. The van der Waals surface area contributed by atoms with E-state index in [1.54, 1.807) is 5.57 Å². The van der Waals surface area contributed by atoms with Crippen LogP contribution in [0.3, 0.4) is 0 Å². The van der Waals surface area contributed by atoms with Crippen molar-refractivity contribution in [2.75, 3.05) is 0 Å². The van der Waals surface area contributed by atoms with Crippen molar-refractivity contribution < 1.29 is 5.11 Å². The van der Waals surface area contributed by atoms with Gasteiger partial charge in [0.25, 0.3) is 0 Å². The summed E-state index contributed by atoms with van der Waals surface area (Å²) in [6, 6.07) is 0. The summed E-state index contributed by atoms with van der Waals surface area (Å²) in [4.78, 5) is 0. The van der Waals surface area contributed by atoms with Gasteiger partial charge in [0.15, 0.2) is 0 Å². The van der Waals surface area contributed by atoms with E-state index in [0.29, 0.717) is 10.8 Å². The minimum Gasteiger partial charge on any atom is -0.393 e. The van der Waals surface area contributed by atoms with E-state index in [1.807, 2.05) is 0 Å². The predicted molar refractivity (Wildman–Crippen MR) is 119 cm³/mol. The molecule has 0 spiro atoms. The van der Waals surface area contributed by atoms with E-state index >= 15 is 0 Å². The van der Waals surface area contributed by atoms with E-state index < -0.39 is 0 Å². The SMILES string of the molecule is CC(C)CCC[C@H](C)[C@@H]1CC[C@H]2[C@@H]3CC=C4C[C@@H](O)CC[C@]4(C)[C@H]3CC[C@@]21C. The first-order chi connectivity index (χ1) is 13.3. The van der Waals surface area contributed by atoms with E-state index in [2.05, 4.69) is 40.7 Å². The lowest BCUT2D eigenvalue weighted by molar-refractivity contribution is -0.0573. The fraction of sp³-hybridized carbons (Fsp3) is 0.926. The zero-order valence-corrected chi connectivity index (χ0v) is 19.3. The summed E-state index contributed by atoms with van der Waals surface area (Å²) in [6.45, 7) is 12.6. The second-order valence-corrected chi connectivity index (χ2v) is 12.2. The third-order valence-corrected chi connectivity index (χ3v) is 10.3. The van der Waals surface area contributed by atoms with Crippen molar-refractivity contribution in [3.05, 3.63) is 11.6 Å². The number of fused-ring (bicyclic) bond motifs is 5. The Balaban J connectivity index is 1.49. The average molecular weight is 387 g/mol. The lowest BCUT2D eigenvalue weighted by atomic mass is 9.47. The molecule has 28 heavy (non-hydrogen) atoms. The highest BCUT2D eigenvalue weighted by Gasteiger charge is 2.59. The van der Waals surface area contributed by atoms with Crippen LogP contribution in [0, 0.1) is 46.3 Å². The van der Waals surface area contributed by atoms with Crippen LogP contribution in [-0.4, -0.2) is 11.2 Å². The van der Waals surface area contributed by atoms with E-state index in [4.69, 9.17) is 0 Å². The standard InChI is InChI=1S/C27H46O/c1-18(2)7-6-8-19(3)23-11-12-24-22-10-9-20-17-21(28)13-15-26(20,4)25(22)14-16-27(23,24)5/h9,18-19,21-25,28H,6-8,10-17H2,1-5H3/t19-,21-,22-,23-,24-,25-,26-,27+/m0/s1. The Hall–Kier alpha value is -0.300. The van der Waals surface area contributed by atoms with E-state index in [0.717, 1.165) is 48.3 Å². The van der Waals surface area contributed by atoms with Crippen LogP contribution in [0.5, 0.6) is 0 Å². The summed E-state index contributed by atoms with van der Waals surface area (Å²) in [6.07, 6.45) is 17.2.